The zero-order valence-electron chi connectivity index (χ0n) is 24.1. The van der Waals surface area contributed by atoms with Gasteiger partial charge in [-0.1, -0.05) is 11.6 Å². The molecular weight excluding hydrogens is 596 g/mol. The lowest BCUT2D eigenvalue weighted by atomic mass is 10.0. The Labute approximate surface area is 253 Å². The number of primary sulfonamides is 1. The molecule has 228 valence electrons. The van der Waals surface area contributed by atoms with Crippen LogP contribution in [0.1, 0.15) is 61.8 Å². The quantitative estimate of drug-likeness (QED) is 0.247. The lowest BCUT2D eigenvalue weighted by molar-refractivity contribution is -0.200. The van der Waals surface area contributed by atoms with E-state index in [4.69, 9.17) is 35.4 Å². The first-order chi connectivity index (χ1) is 20.4. The summed E-state index contributed by atoms with van der Waals surface area (Å²) >= 11 is 5.91. The number of ether oxygens (including phenoxy) is 3. The zero-order valence-corrected chi connectivity index (χ0v) is 25.7. The number of sulfonamides is 1. The molecule has 1 unspecified atom stereocenters. The van der Waals surface area contributed by atoms with E-state index in [9.17, 15) is 13.2 Å². The van der Waals surface area contributed by atoms with E-state index in [1.165, 1.54) is 12.1 Å². The third-order valence-electron chi connectivity index (χ3n) is 7.87. The third kappa shape index (κ3) is 6.20. The Kier molecular flexibility index (Phi) is 7.84. The van der Waals surface area contributed by atoms with E-state index in [1.54, 1.807) is 26.1 Å². The number of fused-ring (bicyclic) bond motifs is 1. The van der Waals surface area contributed by atoms with E-state index < -0.39 is 21.2 Å². The van der Waals surface area contributed by atoms with E-state index in [-0.39, 0.29) is 28.2 Å². The van der Waals surface area contributed by atoms with Gasteiger partial charge >= 0.3 is 0 Å². The van der Waals surface area contributed by atoms with E-state index >= 15 is 0 Å². The van der Waals surface area contributed by atoms with Gasteiger partial charge in [0.25, 0.3) is 10.0 Å². The highest BCUT2D eigenvalue weighted by Crippen LogP contribution is 2.43. The number of rotatable bonds is 9. The standard InChI is InChI=1S/C30H33ClN4O7S/c1-17-12-21(19(3)40-23-7-8-24(31)34-29(23)43(32,37)38)28-22(13-17)26(36)18(2)27(41-28)20-14-33-35(15-20)16-30(9-10-30)42-25-6-4-5-11-39-25/h7-8,12-15,19,25H,4-6,9-11,16H2,1-3H3,(H2,32,37,38)/t19-,25?/m1/s1. The van der Waals surface area contributed by atoms with Crippen LogP contribution in [0.5, 0.6) is 5.75 Å². The van der Waals surface area contributed by atoms with Gasteiger partial charge in [-0.15, -0.1) is 0 Å². The topological polar surface area (TPSA) is 149 Å². The largest absolute Gasteiger partial charge is 0.483 e. The number of aromatic nitrogens is 3. The number of hydrogen-bond acceptors (Lipinski definition) is 9. The predicted molar refractivity (Wildman–Crippen MR) is 159 cm³/mol. The molecule has 1 aliphatic carbocycles. The SMILES string of the molecule is Cc1cc([C@@H](C)Oc2ccc(Cl)nc2S(N)(=O)=O)c2oc(-c3cnn(CC4(OC5CCCCO5)CC4)c3)c(C)c(=O)c2c1. The predicted octanol–water partition coefficient (Wildman–Crippen LogP) is 5.18. The smallest absolute Gasteiger partial charge is 0.259 e. The molecule has 0 amide bonds. The van der Waals surface area contributed by atoms with E-state index in [0.717, 1.165) is 44.3 Å². The molecule has 43 heavy (non-hydrogen) atoms. The zero-order chi connectivity index (χ0) is 30.5. The van der Waals surface area contributed by atoms with Crippen molar-refractivity contribution in [3.8, 4) is 17.1 Å². The summed E-state index contributed by atoms with van der Waals surface area (Å²) in [5.41, 5.74) is 2.30. The lowest BCUT2D eigenvalue weighted by Gasteiger charge is -2.27. The Bertz CT molecular complexity index is 1860. The second-order valence-corrected chi connectivity index (χ2v) is 13.2. The molecule has 4 aromatic rings. The van der Waals surface area contributed by atoms with Crippen LogP contribution >= 0.6 is 11.6 Å². The first-order valence-electron chi connectivity index (χ1n) is 14.2. The Morgan fingerprint density at radius 3 is 2.72 bits per heavy atom. The lowest BCUT2D eigenvalue weighted by Crippen LogP contribution is -2.32. The van der Waals surface area contributed by atoms with E-state index in [2.05, 4.69) is 10.1 Å². The molecule has 1 saturated heterocycles. The van der Waals surface area contributed by atoms with Crippen molar-refractivity contribution in [2.24, 2.45) is 5.14 Å². The Morgan fingerprint density at radius 1 is 1.23 bits per heavy atom. The van der Waals surface area contributed by atoms with Crippen molar-refractivity contribution < 1.29 is 27.0 Å². The van der Waals surface area contributed by atoms with Crippen molar-refractivity contribution in [2.75, 3.05) is 6.61 Å². The molecule has 1 aromatic carbocycles. The van der Waals surface area contributed by atoms with Gasteiger partial charge in [0.05, 0.1) is 29.3 Å². The maximum absolute atomic E-state index is 13.6. The summed E-state index contributed by atoms with van der Waals surface area (Å²) in [7, 11) is -4.22. The molecule has 1 aliphatic heterocycles. The number of hydrogen-bond donors (Lipinski definition) is 1. The number of halogens is 1. The van der Waals surface area contributed by atoms with Crippen molar-refractivity contribution in [3.63, 3.8) is 0 Å². The van der Waals surface area contributed by atoms with Crippen LogP contribution in [-0.4, -0.2) is 41.7 Å². The van der Waals surface area contributed by atoms with Gasteiger partial charge in [-0.25, -0.2) is 18.5 Å². The number of pyridine rings is 1. The fourth-order valence-corrected chi connectivity index (χ4v) is 6.32. The molecule has 0 radical (unpaired) electrons. The van der Waals surface area contributed by atoms with Crippen LogP contribution in [0.15, 0.2) is 50.9 Å². The number of benzene rings is 1. The molecule has 3 aromatic heterocycles. The van der Waals surface area contributed by atoms with E-state index in [1.807, 2.05) is 23.9 Å². The monoisotopic (exact) mass is 628 g/mol. The maximum Gasteiger partial charge on any atom is 0.259 e. The normalized spacial score (nSPS) is 19.0. The van der Waals surface area contributed by atoms with Gasteiger partial charge in [0.1, 0.15) is 22.6 Å². The van der Waals surface area contributed by atoms with Crippen molar-refractivity contribution >= 4 is 32.6 Å². The van der Waals surface area contributed by atoms with Gasteiger partial charge in [0.15, 0.2) is 17.5 Å². The first kappa shape index (κ1) is 29.8. The van der Waals surface area contributed by atoms with Crippen molar-refractivity contribution in [1.29, 1.82) is 0 Å². The van der Waals surface area contributed by atoms with Crippen LogP contribution in [0.4, 0.5) is 0 Å². The molecule has 0 spiro atoms. The van der Waals surface area contributed by atoms with Gasteiger partial charge in [0.2, 0.25) is 5.03 Å². The van der Waals surface area contributed by atoms with Crippen LogP contribution in [0.25, 0.3) is 22.3 Å². The molecular formula is C30H33ClN4O7S. The highest BCUT2D eigenvalue weighted by molar-refractivity contribution is 7.89. The Morgan fingerprint density at radius 2 is 2.02 bits per heavy atom. The second kappa shape index (κ2) is 11.3. The van der Waals surface area contributed by atoms with Gasteiger partial charge in [-0.2, -0.15) is 5.10 Å². The molecule has 2 atom stereocenters. The summed E-state index contributed by atoms with van der Waals surface area (Å²) in [5, 5.41) is 9.77. The molecule has 0 bridgehead atoms. The maximum atomic E-state index is 13.6. The number of nitrogens with zero attached hydrogens (tertiary/aromatic N) is 3. The van der Waals surface area contributed by atoms with Gasteiger partial charge in [-0.3, -0.25) is 9.48 Å². The van der Waals surface area contributed by atoms with Gasteiger partial charge in [0, 0.05) is 23.9 Å². The Hall–Kier alpha value is -3.29. The molecule has 6 rings (SSSR count). The van der Waals surface area contributed by atoms with Crippen LogP contribution in [0.2, 0.25) is 5.15 Å². The van der Waals surface area contributed by atoms with Crippen LogP contribution in [0.3, 0.4) is 0 Å². The van der Waals surface area contributed by atoms with Gasteiger partial charge in [-0.05, 0) is 82.7 Å². The molecule has 11 nitrogen and oxygen atoms in total. The van der Waals surface area contributed by atoms with E-state index in [0.29, 0.717) is 40.0 Å². The first-order valence-corrected chi connectivity index (χ1v) is 16.1. The third-order valence-corrected chi connectivity index (χ3v) is 8.91. The van der Waals surface area contributed by atoms with Crippen LogP contribution < -0.4 is 15.3 Å². The van der Waals surface area contributed by atoms with Crippen molar-refractivity contribution in [3.05, 3.63) is 68.7 Å². The fourth-order valence-electron chi connectivity index (χ4n) is 5.50. The summed E-state index contributed by atoms with van der Waals surface area (Å²) in [4.78, 5) is 17.5. The fraction of sp³-hybridized carbons (Fsp3) is 0.433. The summed E-state index contributed by atoms with van der Waals surface area (Å²) < 4.78 is 50.7. The molecule has 2 fully saturated rings. The highest BCUT2D eigenvalue weighted by Gasteiger charge is 2.47. The summed E-state index contributed by atoms with van der Waals surface area (Å²) in [6.45, 7) is 6.60. The summed E-state index contributed by atoms with van der Waals surface area (Å²) in [6.07, 6.45) is 7.53. The summed E-state index contributed by atoms with van der Waals surface area (Å²) in [5.74, 6) is 0.320. The molecule has 2 aliphatic rings. The van der Waals surface area contributed by atoms with Crippen LogP contribution in [0, 0.1) is 13.8 Å². The van der Waals surface area contributed by atoms with Crippen molar-refractivity contribution in [1.82, 2.24) is 14.8 Å². The van der Waals surface area contributed by atoms with Crippen LogP contribution in [-0.2, 0) is 26.0 Å². The van der Waals surface area contributed by atoms with Crippen molar-refractivity contribution in [2.45, 2.75) is 82.4 Å². The minimum Gasteiger partial charge on any atom is -0.483 e. The second-order valence-electron chi connectivity index (χ2n) is 11.4. The van der Waals surface area contributed by atoms with Gasteiger partial charge < -0.3 is 18.6 Å². The molecule has 1 saturated carbocycles. The number of aryl methyl sites for hydroxylation is 1. The Balaban J connectivity index is 1.33. The average Bonchev–Trinajstić information content (AvgIpc) is 3.55. The minimum atomic E-state index is -4.22. The number of nitrogens with two attached hydrogens (primary N) is 1. The minimum absolute atomic E-state index is 0.0433. The average molecular weight is 629 g/mol. The summed E-state index contributed by atoms with van der Waals surface area (Å²) in [6, 6.07) is 6.39. The molecule has 4 heterocycles. The molecule has 13 heteroatoms. The molecule has 2 N–H and O–H groups in total. The highest BCUT2D eigenvalue weighted by atomic mass is 35.5.